The quantitative estimate of drug-likeness (QED) is 0.832. The van der Waals surface area contributed by atoms with Crippen molar-refractivity contribution >= 4 is 5.91 Å². The summed E-state index contributed by atoms with van der Waals surface area (Å²) in [5.41, 5.74) is 1.36. The number of carbonyl (C=O) groups is 1. The zero-order chi connectivity index (χ0) is 16.9. The molecule has 4 heteroatoms. The number of carbonyl (C=O) groups excluding carboxylic acids is 1. The highest BCUT2D eigenvalue weighted by molar-refractivity contribution is 5.79. The van der Waals surface area contributed by atoms with Crippen LogP contribution in [-0.4, -0.2) is 54.1 Å². The molecule has 2 aliphatic heterocycles. The maximum atomic E-state index is 12.9. The summed E-state index contributed by atoms with van der Waals surface area (Å²) in [6.45, 7) is 8.58. The van der Waals surface area contributed by atoms with Crippen LogP contribution in [0.25, 0.3) is 0 Å². The zero-order valence-corrected chi connectivity index (χ0v) is 15.0. The van der Waals surface area contributed by atoms with E-state index in [9.17, 15) is 4.79 Å². The summed E-state index contributed by atoms with van der Waals surface area (Å²) in [7, 11) is 0. The number of hydrogen-bond donors (Lipinski definition) is 0. The Hall–Kier alpha value is -1.39. The summed E-state index contributed by atoms with van der Waals surface area (Å²) in [6, 6.07) is 11.4. The molecule has 24 heavy (non-hydrogen) atoms. The first-order valence-electron chi connectivity index (χ1n) is 9.39. The van der Waals surface area contributed by atoms with Gasteiger partial charge < -0.3 is 9.64 Å². The summed E-state index contributed by atoms with van der Waals surface area (Å²) in [5.74, 6) is 0.398. The first-order valence-corrected chi connectivity index (χ1v) is 9.39. The van der Waals surface area contributed by atoms with Crippen LogP contribution in [0, 0.1) is 5.92 Å². The van der Waals surface area contributed by atoms with Gasteiger partial charge in [-0.25, -0.2) is 0 Å². The Morgan fingerprint density at radius 2 is 1.88 bits per heavy atom. The van der Waals surface area contributed by atoms with Gasteiger partial charge in [-0.15, -0.1) is 0 Å². The van der Waals surface area contributed by atoms with E-state index in [1.807, 2.05) is 0 Å². The molecule has 0 spiro atoms. The number of hydrogen-bond acceptors (Lipinski definition) is 3. The predicted molar refractivity (Wildman–Crippen MR) is 95.6 cm³/mol. The van der Waals surface area contributed by atoms with Gasteiger partial charge in [0.15, 0.2) is 0 Å². The smallest absolute Gasteiger partial charge is 0.228 e. The number of benzene rings is 1. The number of nitrogens with zero attached hydrogens (tertiary/aromatic N) is 2. The molecule has 0 unspecified atom stereocenters. The van der Waals surface area contributed by atoms with Gasteiger partial charge in [0.1, 0.15) is 0 Å². The molecule has 1 aromatic carbocycles. The Morgan fingerprint density at radius 3 is 2.50 bits per heavy atom. The molecule has 0 aliphatic carbocycles. The maximum Gasteiger partial charge on any atom is 0.228 e. The van der Waals surface area contributed by atoms with E-state index in [0.29, 0.717) is 24.6 Å². The van der Waals surface area contributed by atoms with Gasteiger partial charge in [-0.1, -0.05) is 44.2 Å². The fraction of sp³-hybridized carbons (Fsp3) is 0.650. The molecule has 2 fully saturated rings. The molecule has 2 heterocycles. The van der Waals surface area contributed by atoms with Crippen LogP contribution in [0.4, 0.5) is 0 Å². The minimum absolute atomic E-state index is 0.0808. The first kappa shape index (κ1) is 17.4. The highest BCUT2D eigenvalue weighted by Gasteiger charge is 2.38. The lowest BCUT2D eigenvalue weighted by atomic mass is 9.98. The van der Waals surface area contributed by atoms with Gasteiger partial charge in [-0.2, -0.15) is 0 Å². The van der Waals surface area contributed by atoms with E-state index in [2.05, 4.69) is 54.0 Å². The van der Waals surface area contributed by atoms with Crippen molar-refractivity contribution in [3.05, 3.63) is 35.9 Å². The fourth-order valence-corrected chi connectivity index (χ4v) is 3.99. The highest BCUT2D eigenvalue weighted by Crippen LogP contribution is 2.25. The molecule has 0 N–H and O–H groups in total. The average molecular weight is 330 g/mol. The van der Waals surface area contributed by atoms with E-state index >= 15 is 0 Å². The van der Waals surface area contributed by atoms with E-state index in [4.69, 9.17) is 4.74 Å². The Labute approximate surface area is 145 Å². The van der Waals surface area contributed by atoms with E-state index in [-0.39, 0.29) is 5.92 Å². The Bertz CT molecular complexity index is 528. The Balaban J connectivity index is 1.70. The number of rotatable bonds is 5. The van der Waals surface area contributed by atoms with Crippen LogP contribution >= 0.6 is 0 Å². The van der Waals surface area contributed by atoms with Crippen molar-refractivity contribution in [2.75, 3.05) is 26.3 Å². The number of piperazine rings is 1. The summed E-state index contributed by atoms with van der Waals surface area (Å²) >= 11 is 0. The average Bonchev–Trinajstić information content (AvgIpc) is 3.16. The third-order valence-corrected chi connectivity index (χ3v) is 5.54. The van der Waals surface area contributed by atoms with Crippen molar-refractivity contribution in [1.29, 1.82) is 0 Å². The van der Waals surface area contributed by atoms with E-state index in [1.165, 1.54) is 5.56 Å². The molecule has 2 aliphatic rings. The normalized spacial score (nSPS) is 28.2. The topological polar surface area (TPSA) is 32.8 Å². The van der Waals surface area contributed by atoms with Crippen LogP contribution in [0.15, 0.2) is 30.3 Å². The van der Waals surface area contributed by atoms with Crippen LogP contribution in [0.3, 0.4) is 0 Å². The van der Waals surface area contributed by atoms with Crippen LogP contribution in [0.1, 0.15) is 38.7 Å². The second-order valence-electron chi connectivity index (χ2n) is 7.09. The van der Waals surface area contributed by atoms with Crippen molar-refractivity contribution in [1.82, 2.24) is 9.80 Å². The van der Waals surface area contributed by atoms with Crippen molar-refractivity contribution in [2.24, 2.45) is 5.92 Å². The molecule has 0 radical (unpaired) electrons. The largest absolute Gasteiger partial charge is 0.381 e. The highest BCUT2D eigenvalue weighted by atomic mass is 16.5. The van der Waals surface area contributed by atoms with Gasteiger partial charge in [0.05, 0.1) is 12.5 Å². The molecule has 2 saturated heterocycles. The monoisotopic (exact) mass is 330 g/mol. The van der Waals surface area contributed by atoms with E-state index in [0.717, 1.165) is 45.5 Å². The predicted octanol–water partition coefficient (Wildman–Crippen LogP) is 2.92. The van der Waals surface area contributed by atoms with Crippen molar-refractivity contribution in [3.8, 4) is 0 Å². The number of ether oxygens (including phenoxy) is 1. The molecule has 4 nitrogen and oxygen atoms in total. The van der Waals surface area contributed by atoms with E-state index in [1.54, 1.807) is 0 Å². The molecule has 0 bridgehead atoms. The van der Waals surface area contributed by atoms with Crippen LogP contribution in [0.5, 0.6) is 0 Å². The van der Waals surface area contributed by atoms with Gasteiger partial charge in [0, 0.05) is 38.3 Å². The lowest BCUT2D eigenvalue weighted by Crippen LogP contribution is -2.60. The lowest BCUT2D eigenvalue weighted by Gasteiger charge is -2.47. The zero-order valence-electron chi connectivity index (χ0n) is 15.0. The van der Waals surface area contributed by atoms with Crippen molar-refractivity contribution < 1.29 is 9.53 Å². The second-order valence-corrected chi connectivity index (χ2v) is 7.09. The molecular formula is C20H30N2O2. The van der Waals surface area contributed by atoms with E-state index < -0.39 is 0 Å². The molecule has 0 aromatic heterocycles. The maximum absolute atomic E-state index is 12.9. The van der Waals surface area contributed by atoms with Gasteiger partial charge in [-0.05, 0) is 24.8 Å². The molecule has 3 atom stereocenters. The molecule has 3 rings (SSSR count). The minimum atomic E-state index is 0.0808. The summed E-state index contributed by atoms with van der Waals surface area (Å²) < 4.78 is 5.43. The third kappa shape index (κ3) is 3.81. The summed E-state index contributed by atoms with van der Waals surface area (Å²) in [6.07, 6.45) is 2.98. The lowest BCUT2D eigenvalue weighted by molar-refractivity contribution is -0.142. The summed E-state index contributed by atoms with van der Waals surface area (Å²) in [5, 5.41) is 0. The SMILES string of the molecule is CC[C@@H]1CN(C(=O)[C@@H]2CCOC2)[C@@H](CC)CN1Cc1ccccc1. The molecule has 0 saturated carbocycles. The van der Waals surface area contributed by atoms with Gasteiger partial charge in [0.25, 0.3) is 0 Å². The van der Waals surface area contributed by atoms with Crippen LogP contribution in [-0.2, 0) is 16.1 Å². The molecule has 1 aromatic rings. The second kappa shape index (κ2) is 8.13. The first-order chi connectivity index (χ1) is 11.7. The summed E-state index contributed by atoms with van der Waals surface area (Å²) in [4.78, 5) is 17.7. The van der Waals surface area contributed by atoms with Gasteiger partial charge in [0.2, 0.25) is 5.91 Å². The Kier molecular flexibility index (Phi) is 5.90. The molecule has 1 amide bonds. The standard InChI is InChI=1S/C20H30N2O2/c1-3-18-14-22(20(23)17-10-11-24-15-17)19(4-2)13-21(18)12-16-8-6-5-7-9-16/h5-9,17-19H,3-4,10-15H2,1-2H3/t17-,18-,19+/m1/s1. The van der Waals surface area contributed by atoms with Crippen LogP contribution in [0.2, 0.25) is 0 Å². The van der Waals surface area contributed by atoms with Crippen molar-refractivity contribution in [2.45, 2.75) is 51.7 Å². The third-order valence-electron chi connectivity index (χ3n) is 5.54. The number of amides is 1. The van der Waals surface area contributed by atoms with Crippen LogP contribution < -0.4 is 0 Å². The van der Waals surface area contributed by atoms with Gasteiger partial charge >= 0.3 is 0 Å². The van der Waals surface area contributed by atoms with Crippen molar-refractivity contribution in [3.63, 3.8) is 0 Å². The molecular weight excluding hydrogens is 300 g/mol. The minimum Gasteiger partial charge on any atom is -0.381 e. The molecule has 132 valence electrons. The fourth-order valence-electron chi connectivity index (χ4n) is 3.99. The van der Waals surface area contributed by atoms with Gasteiger partial charge in [-0.3, -0.25) is 9.69 Å². The Morgan fingerprint density at radius 1 is 1.12 bits per heavy atom.